The van der Waals surface area contributed by atoms with Gasteiger partial charge in [-0.05, 0) is 19.1 Å². The second-order valence-electron chi connectivity index (χ2n) is 4.25. The van der Waals surface area contributed by atoms with Crippen LogP contribution in [0.1, 0.15) is 17.3 Å². The van der Waals surface area contributed by atoms with Gasteiger partial charge < -0.3 is 19.9 Å². The first-order chi connectivity index (χ1) is 10.6. The van der Waals surface area contributed by atoms with Crippen LogP contribution in [-0.2, 0) is 4.79 Å². The van der Waals surface area contributed by atoms with E-state index in [4.69, 9.17) is 14.6 Å². The van der Waals surface area contributed by atoms with Crippen LogP contribution >= 0.6 is 11.3 Å². The van der Waals surface area contributed by atoms with Crippen molar-refractivity contribution < 1.29 is 24.2 Å². The Kier molecular flexibility index (Phi) is 5.37. The second kappa shape index (κ2) is 7.46. The molecule has 0 radical (unpaired) electrons. The number of ether oxygens (including phenoxy) is 2. The number of anilines is 1. The normalized spacial score (nSPS) is 10.0. The lowest BCUT2D eigenvalue weighted by molar-refractivity contribution is -0.118. The molecule has 1 aromatic carbocycles. The van der Waals surface area contributed by atoms with Gasteiger partial charge in [0.15, 0.2) is 6.61 Å². The summed E-state index contributed by atoms with van der Waals surface area (Å²) < 4.78 is 10.7. The molecule has 0 bridgehead atoms. The lowest BCUT2D eigenvalue weighted by Crippen LogP contribution is -2.21. The maximum Gasteiger partial charge on any atom is 0.338 e. The van der Waals surface area contributed by atoms with Crippen LogP contribution in [0.4, 0.5) is 5.69 Å². The number of amides is 1. The Bertz CT molecular complexity index is 667. The van der Waals surface area contributed by atoms with Crippen molar-refractivity contribution in [2.24, 2.45) is 0 Å². The lowest BCUT2D eigenvalue weighted by atomic mass is 10.3. The van der Waals surface area contributed by atoms with Crippen LogP contribution in [-0.4, -0.2) is 30.2 Å². The summed E-state index contributed by atoms with van der Waals surface area (Å²) in [5.41, 5.74) is 0.339. The number of rotatable bonds is 7. The predicted octanol–water partition coefficient (Wildman–Crippen LogP) is 2.86. The molecule has 6 nitrogen and oxygen atoms in total. The fourth-order valence-corrected chi connectivity index (χ4v) is 2.47. The number of nitrogens with one attached hydrogen (secondary N) is 1. The summed E-state index contributed by atoms with van der Waals surface area (Å²) in [6.45, 7) is 2.20. The Morgan fingerprint density at radius 2 is 1.95 bits per heavy atom. The quantitative estimate of drug-likeness (QED) is 0.819. The fourth-order valence-electron chi connectivity index (χ4n) is 1.72. The topological polar surface area (TPSA) is 84.9 Å². The summed E-state index contributed by atoms with van der Waals surface area (Å²) >= 11 is 1.21. The number of hydrogen-bond donors (Lipinski definition) is 2. The molecule has 0 unspecified atom stereocenters. The molecule has 2 aromatic rings. The van der Waals surface area contributed by atoms with Crippen LogP contribution < -0.4 is 14.8 Å². The third-order valence-corrected chi connectivity index (χ3v) is 3.40. The summed E-state index contributed by atoms with van der Waals surface area (Å²) in [5.74, 6) is -0.346. The van der Waals surface area contributed by atoms with E-state index in [9.17, 15) is 9.59 Å². The minimum Gasteiger partial charge on any atom is -0.494 e. The maximum atomic E-state index is 11.8. The summed E-state index contributed by atoms with van der Waals surface area (Å²) in [4.78, 5) is 22.8. The Morgan fingerprint density at radius 3 is 2.64 bits per heavy atom. The molecule has 0 saturated carbocycles. The first kappa shape index (κ1) is 15.8. The molecule has 0 fully saturated rings. The summed E-state index contributed by atoms with van der Waals surface area (Å²) in [7, 11) is 0. The van der Waals surface area contributed by atoms with Crippen LogP contribution in [0.5, 0.6) is 11.5 Å². The van der Waals surface area contributed by atoms with Gasteiger partial charge in [-0.25, -0.2) is 4.79 Å². The maximum absolute atomic E-state index is 11.8. The molecule has 0 saturated heterocycles. The number of thiophene rings is 1. The van der Waals surface area contributed by atoms with Gasteiger partial charge in [0.25, 0.3) is 5.91 Å². The number of aromatic carboxylic acids is 1. The van der Waals surface area contributed by atoms with Gasteiger partial charge in [0.2, 0.25) is 0 Å². The monoisotopic (exact) mass is 321 g/mol. The standard InChI is InChI=1S/C15H15NO5S/c1-2-20-10-4-3-5-11(6-10)21-7-14(17)16-13-9-22-8-12(13)15(18)19/h3-6,8-9H,2,7H2,1H3,(H,16,17)(H,18,19). The highest BCUT2D eigenvalue weighted by Gasteiger charge is 2.13. The molecule has 0 aliphatic heterocycles. The van der Waals surface area contributed by atoms with Gasteiger partial charge >= 0.3 is 5.97 Å². The summed E-state index contributed by atoms with van der Waals surface area (Å²) in [5, 5.41) is 14.5. The second-order valence-corrected chi connectivity index (χ2v) is 4.99. The Hall–Kier alpha value is -2.54. The Morgan fingerprint density at radius 1 is 1.23 bits per heavy atom. The lowest BCUT2D eigenvalue weighted by Gasteiger charge is -2.09. The van der Waals surface area contributed by atoms with E-state index in [0.717, 1.165) is 0 Å². The van der Waals surface area contributed by atoms with Crippen LogP contribution in [0.2, 0.25) is 0 Å². The van der Waals surface area contributed by atoms with Crippen molar-refractivity contribution in [3.8, 4) is 11.5 Å². The molecular weight excluding hydrogens is 306 g/mol. The van der Waals surface area contributed by atoms with E-state index >= 15 is 0 Å². The van der Waals surface area contributed by atoms with Crippen LogP contribution in [0, 0.1) is 0 Å². The molecule has 22 heavy (non-hydrogen) atoms. The first-order valence-corrected chi connectivity index (χ1v) is 7.49. The van der Waals surface area contributed by atoms with E-state index in [0.29, 0.717) is 18.1 Å². The first-order valence-electron chi connectivity index (χ1n) is 6.55. The van der Waals surface area contributed by atoms with Gasteiger partial charge in [0.1, 0.15) is 11.5 Å². The zero-order valence-electron chi connectivity index (χ0n) is 11.9. The highest BCUT2D eigenvalue weighted by atomic mass is 32.1. The fraction of sp³-hybridized carbons (Fsp3) is 0.200. The largest absolute Gasteiger partial charge is 0.494 e. The highest BCUT2D eigenvalue weighted by molar-refractivity contribution is 7.08. The molecule has 116 valence electrons. The van der Waals surface area contributed by atoms with Gasteiger partial charge in [-0.2, -0.15) is 0 Å². The van der Waals surface area contributed by atoms with Crippen molar-refractivity contribution in [3.05, 3.63) is 40.6 Å². The highest BCUT2D eigenvalue weighted by Crippen LogP contribution is 2.21. The number of benzene rings is 1. The number of carbonyl (C=O) groups is 2. The van der Waals surface area contributed by atoms with Crippen molar-refractivity contribution in [1.82, 2.24) is 0 Å². The molecule has 2 N–H and O–H groups in total. The molecule has 0 aliphatic rings. The van der Waals surface area contributed by atoms with Crippen molar-refractivity contribution in [3.63, 3.8) is 0 Å². The number of hydrogen-bond acceptors (Lipinski definition) is 5. The molecular formula is C15H15NO5S. The summed E-state index contributed by atoms with van der Waals surface area (Å²) in [6, 6.07) is 6.95. The van der Waals surface area contributed by atoms with E-state index in [1.54, 1.807) is 29.6 Å². The minimum atomic E-state index is -1.08. The van der Waals surface area contributed by atoms with E-state index in [-0.39, 0.29) is 17.9 Å². The Labute approximate surface area is 131 Å². The molecule has 1 aromatic heterocycles. The molecule has 2 rings (SSSR count). The molecule has 0 spiro atoms. The number of carbonyl (C=O) groups excluding carboxylic acids is 1. The molecule has 1 amide bonds. The number of carboxylic acids is 1. The van der Waals surface area contributed by atoms with Crippen LogP contribution in [0.25, 0.3) is 0 Å². The summed E-state index contributed by atoms with van der Waals surface area (Å²) in [6.07, 6.45) is 0. The van der Waals surface area contributed by atoms with E-state index in [2.05, 4.69) is 5.32 Å². The smallest absolute Gasteiger partial charge is 0.338 e. The van der Waals surface area contributed by atoms with Crippen molar-refractivity contribution in [1.29, 1.82) is 0 Å². The van der Waals surface area contributed by atoms with Gasteiger partial charge in [0, 0.05) is 16.8 Å². The van der Waals surface area contributed by atoms with Gasteiger partial charge in [-0.3, -0.25) is 4.79 Å². The SMILES string of the molecule is CCOc1cccc(OCC(=O)Nc2cscc2C(=O)O)c1. The third kappa shape index (κ3) is 4.23. The Balaban J connectivity index is 1.91. The van der Waals surface area contributed by atoms with Crippen molar-refractivity contribution in [2.45, 2.75) is 6.92 Å². The van der Waals surface area contributed by atoms with E-state index < -0.39 is 11.9 Å². The average molecular weight is 321 g/mol. The van der Waals surface area contributed by atoms with Gasteiger partial charge in [-0.1, -0.05) is 6.07 Å². The molecule has 0 aliphatic carbocycles. The third-order valence-electron chi connectivity index (χ3n) is 2.65. The molecule has 0 atom stereocenters. The predicted molar refractivity (Wildman–Crippen MR) is 83.0 cm³/mol. The molecule has 7 heteroatoms. The number of carboxylic acid groups (broad SMARTS) is 1. The van der Waals surface area contributed by atoms with E-state index in [1.165, 1.54) is 16.7 Å². The zero-order chi connectivity index (χ0) is 15.9. The minimum absolute atomic E-state index is 0.0664. The van der Waals surface area contributed by atoms with Gasteiger partial charge in [-0.15, -0.1) is 11.3 Å². The van der Waals surface area contributed by atoms with Crippen molar-refractivity contribution in [2.75, 3.05) is 18.5 Å². The van der Waals surface area contributed by atoms with Crippen LogP contribution in [0.15, 0.2) is 35.0 Å². The van der Waals surface area contributed by atoms with E-state index in [1.807, 2.05) is 6.92 Å². The average Bonchev–Trinajstić information content (AvgIpc) is 2.94. The van der Waals surface area contributed by atoms with Crippen molar-refractivity contribution >= 4 is 28.9 Å². The zero-order valence-corrected chi connectivity index (χ0v) is 12.7. The van der Waals surface area contributed by atoms with Gasteiger partial charge in [0.05, 0.1) is 17.9 Å². The molecule has 1 heterocycles. The van der Waals surface area contributed by atoms with Crippen LogP contribution in [0.3, 0.4) is 0 Å².